The van der Waals surface area contributed by atoms with Crippen LogP contribution < -0.4 is 9.16 Å². The SMILES string of the molecule is C/C(=C\CC[C@@]1(C)CCc2c(C)c(O[SiH](C)C)c(C)c(C)c2O1)CC/C=C(\C)CCC1OC1(C)C. The van der Waals surface area contributed by atoms with Gasteiger partial charge in [-0.1, -0.05) is 23.3 Å². The molecule has 0 bridgehead atoms. The van der Waals surface area contributed by atoms with Crippen LogP contribution in [0.1, 0.15) is 102 Å². The summed E-state index contributed by atoms with van der Waals surface area (Å²) in [6.45, 7) is 22.3. The Bertz CT molecular complexity index is 972. The quantitative estimate of drug-likeness (QED) is 0.174. The van der Waals surface area contributed by atoms with Crippen molar-refractivity contribution in [2.24, 2.45) is 0 Å². The average molecular weight is 499 g/mol. The molecule has 3 rings (SSSR count). The van der Waals surface area contributed by atoms with E-state index in [9.17, 15) is 0 Å². The third-order valence-corrected chi connectivity index (χ3v) is 8.79. The third kappa shape index (κ3) is 7.26. The number of benzene rings is 1. The minimum atomic E-state index is -1.14. The summed E-state index contributed by atoms with van der Waals surface area (Å²) in [6.07, 6.45) is 14.2. The zero-order valence-electron chi connectivity index (χ0n) is 24.2. The van der Waals surface area contributed by atoms with E-state index < -0.39 is 9.04 Å². The summed E-state index contributed by atoms with van der Waals surface area (Å²) in [7, 11) is -1.14. The van der Waals surface area contributed by atoms with E-state index in [0.717, 1.165) is 62.9 Å². The summed E-state index contributed by atoms with van der Waals surface area (Å²) >= 11 is 0. The fraction of sp³-hybridized carbons (Fsp3) is 0.677. The van der Waals surface area contributed by atoms with E-state index in [4.69, 9.17) is 13.9 Å². The predicted molar refractivity (Wildman–Crippen MR) is 152 cm³/mol. The highest BCUT2D eigenvalue weighted by molar-refractivity contribution is 6.49. The molecule has 2 aliphatic heterocycles. The van der Waals surface area contributed by atoms with Crippen molar-refractivity contribution in [1.29, 1.82) is 0 Å². The number of hydrogen-bond acceptors (Lipinski definition) is 3. The van der Waals surface area contributed by atoms with Crippen LogP contribution in [0.15, 0.2) is 23.3 Å². The number of rotatable bonds is 11. The Labute approximate surface area is 217 Å². The lowest BCUT2D eigenvalue weighted by molar-refractivity contribution is 0.0559. The van der Waals surface area contributed by atoms with Crippen molar-refractivity contribution < 1.29 is 13.9 Å². The van der Waals surface area contributed by atoms with Gasteiger partial charge in [0.2, 0.25) is 9.04 Å². The van der Waals surface area contributed by atoms with Gasteiger partial charge in [-0.05, 0) is 137 Å². The molecule has 1 aromatic carbocycles. The molecular formula is C31H50O3Si. The molecule has 1 aromatic rings. The number of allylic oxidation sites excluding steroid dienone is 4. The van der Waals surface area contributed by atoms with Crippen LogP contribution in [0.4, 0.5) is 0 Å². The number of epoxide rings is 1. The fourth-order valence-corrected chi connectivity index (χ4v) is 6.17. The molecule has 4 heteroatoms. The Hall–Kier alpha value is -1.52. The van der Waals surface area contributed by atoms with Gasteiger partial charge in [0, 0.05) is 5.56 Å². The molecule has 196 valence electrons. The smallest absolute Gasteiger partial charge is 0.229 e. The molecule has 0 aliphatic carbocycles. The third-order valence-electron chi connectivity index (χ3n) is 8.08. The lowest BCUT2D eigenvalue weighted by atomic mass is 9.85. The van der Waals surface area contributed by atoms with Crippen LogP contribution in [0.2, 0.25) is 13.1 Å². The van der Waals surface area contributed by atoms with Crippen LogP contribution >= 0.6 is 0 Å². The summed E-state index contributed by atoms with van der Waals surface area (Å²) in [5, 5.41) is 0. The van der Waals surface area contributed by atoms with Crippen molar-refractivity contribution in [2.75, 3.05) is 0 Å². The van der Waals surface area contributed by atoms with Crippen LogP contribution in [0.25, 0.3) is 0 Å². The first kappa shape index (κ1) is 28.1. The van der Waals surface area contributed by atoms with Crippen molar-refractivity contribution >= 4 is 9.04 Å². The maximum atomic E-state index is 6.74. The molecule has 1 fully saturated rings. The summed E-state index contributed by atoms with van der Waals surface area (Å²) < 4.78 is 18.8. The molecule has 35 heavy (non-hydrogen) atoms. The van der Waals surface area contributed by atoms with Gasteiger partial charge in [0.15, 0.2) is 0 Å². The van der Waals surface area contributed by atoms with Crippen molar-refractivity contribution in [3.05, 3.63) is 45.6 Å². The first-order chi connectivity index (χ1) is 16.3. The van der Waals surface area contributed by atoms with Gasteiger partial charge in [0.05, 0.1) is 11.7 Å². The normalized spacial score (nSPS) is 23.8. The topological polar surface area (TPSA) is 31.0 Å². The monoisotopic (exact) mass is 498 g/mol. The van der Waals surface area contributed by atoms with E-state index >= 15 is 0 Å². The summed E-state index contributed by atoms with van der Waals surface area (Å²) in [4.78, 5) is 0. The Morgan fingerprint density at radius 2 is 1.60 bits per heavy atom. The predicted octanol–water partition coefficient (Wildman–Crippen LogP) is 8.47. The van der Waals surface area contributed by atoms with Crippen LogP contribution in [0.5, 0.6) is 11.5 Å². The maximum Gasteiger partial charge on any atom is 0.229 e. The van der Waals surface area contributed by atoms with Crippen molar-refractivity contribution in [2.45, 2.75) is 137 Å². The Balaban J connectivity index is 1.51. The highest BCUT2D eigenvalue weighted by Crippen LogP contribution is 2.45. The van der Waals surface area contributed by atoms with Crippen LogP contribution in [-0.4, -0.2) is 26.3 Å². The van der Waals surface area contributed by atoms with E-state index in [1.54, 1.807) is 0 Å². The van der Waals surface area contributed by atoms with Crippen molar-refractivity contribution in [3.8, 4) is 11.5 Å². The zero-order chi connectivity index (χ0) is 26.0. The first-order valence-corrected chi connectivity index (χ1v) is 16.6. The Morgan fingerprint density at radius 3 is 2.23 bits per heavy atom. The van der Waals surface area contributed by atoms with E-state index in [1.807, 2.05) is 0 Å². The second-order valence-electron chi connectivity index (χ2n) is 12.2. The minimum Gasteiger partial charge on any atom is -0.547 e. The molecule has 1 unspecified atom stereocenters. The molecule has 2 atom stereocenters. The highest BCUT2D eigenvalue weighted by Gasteiger charge is 2.46. The molecule has 0 radical (unpaired) electrons. The number of ether oxygens (including phenoxy) is 2. The van der Waals surface area contributed by atoms with E-state index in [-0.39, 0.29) is 11.2 Å². The number of hydrogen-bond donors (Lipinski definition) is 0. The van der Waals surface area contributed by atoms with E-state index in [1.165, 1.54) is 33.4 Å². The Kier molecular flexibility index (Phi) is 9.02. The molecule has 0 aromatic heterocycles. The van der Waals surface area contributed by atoms with Gasteiger partial charge in [-0.25, -0.2) is 0 Å². The lowest BCUT2D eigenvalue weighted by Crippen LogP contribution is -2.37. The molecule has 1 saturated heterocycles. The van der Waals surface area contributed by atoms with Gasteiger partial charge in [-0.2, -0.15) is 0 Å². The molecule has 0 amide bonds. The van der Waals surface area contributed by atoms with E-state index in [0.29, 0.717) is 6.10 Å². The zero-order valence-corrected chi connectivity index (χ0v) is 25.3. The highest BCUT2D eigenvalue weighted by atomic mass is 28.3. The molecule has 3 nitrogen and oxygen atoms in total. The molecule has 0 spiro atoms. The molecule has 2 aliphatic rings. The van der Waals surface area contributed by atoms with Crippen molar-refractivity contribution in [3.63, 3.8) is 0 Å². The molecule has 0 N–H and O–H groups in total. The first-order valence-electron chi connectivity index (χ1n) is 13.8. The van der Waals surface area contributed by atoms with Gasteiger partial charge >= 0.3 is 0 Å². The molecular weight excluding hydrogens is 448 g/mol. The summed E-state index contributed by atoms with van der Waals surface area (Å²) in [5.41, 5.74) is 8.16. The maximum absolute atomic E-state index is 6.74. The second kappa shape index (κ2) is 11.3. The number of fused-ring (bicyclic) bond motifs is 1. The van der Waals surface area contributed by atoms with E-state index in [2.05, 4.69) is 80.6 Å². The van der Waals surface area contributed by atoms with Crippen LogP contribution in [0.3, 0.4) is 0 Å². The van der Waals surface area contributed by atoms with Crippen molar-refractivity contribution in [1.82, 2.24) is 0 Å². The second-order valence-corrected chi connectivity index (χ2v) is 14.5. The van der Waals surface area contributed by atoms with Gasteiger partial charge in [0.25, 0.3) is 0 Å². The van der Waals surface area contributed by atoms with Gasteiger partial charge < -0.3 is 13.9 Å². The standard InChI is InChI=1S/C31H50O3Si/c1-21(13-11-14-22(2)16-17-27-30(6,7)32-27)15-12-19-31(8)20-18-26-25(5)28(34-35(9)10)23(3)24(4)29(26)33-31/h14-15,27,35H,11-13,16-20H2,1-10H3/b21-15+,22-14+/t27?,31-/m0/s1. The van der Waals surface area contributed by atoms with Crippen LogP contribution in [0, 0.1) is 20.8 Å². The van der Waals surface area contributed by atoms with Gasteiger partial charge in [-0.15, -0.1) is 0 Å². The Morgan fingerprint density at radius 1 is 0.971 bits per heavy atom. The fourth-order valence-electron chi connectivity index (χ4n) is 5.34. The van der Waals surface area contributed by atoms with Gasteiger partial charge in [0.1, 0.15) is 17.1 Å². The molecule has 2 heterocycles. The largest absolute Gasteiger partial charge is 0.547 e. The summed E-state index contributed by atoms with van der Waals surface area (Å²) in [6, 6.07) is 0. The van der Waals surface area contributed by atoms with Gasteiger partial charge in [-0.3, -0.25) is 0 Å². The minimum absolute atomic E-state index is 0.0995. The average Bonchev–Trinajstić information content (AvgIpc) is 3.39. The lowest BCUT2D eigenvalue weighted by Gasteiger charge is -2.38. The molecule has 0 saturated carbocycles. The summed E-state index contributed by atoms with van der Waals surface area (Å²) in [5.74, 6) is 2.23. The van der Waals surface area contributed by atoms with Crippen LogP contribution in [-0.2, 0) is 11.2 Å².